The number of nitrogens with zero attached hydrogens (tertiary/aromatic N) is 1. The first kappa shape index (κ1) is 25.9. The van der Waals surface area contributed by atoms with Crippen LogP contribution in [0.15, 0.2) is 48.5 Å². The van der Waals surface area contributed by atoms with Crippen LogP contribution in [-0.4, -0.2) is 39.4 Å². The van der Waals surface area contributed by atoms with Crippen molar-refractivity contribution in [1.29, 1.82) is 0 Å². The Morgan fingerprint density at radius 3 is 2.24 bits per heavy atom. The first-order valence-electron chi connectivity index (χ1n) is 11.6. The minimum atomic E-state index is -0.858. The molecule has 8 heteroatoms. The molecule has 2 aromatic carbocycles. The molecule has 2 N–H and O–H groups in total. The van der Waals surface area contributed by atoms with E-state index in [1.165, 1.54) is 19.1 Å². The number of rotatable bonds is 13. The van der Waals surface area contributed by atoms with Gasteiger partial charge in [-0.15, -0.1) is 4.59 Å². The van der Waals surface area contributed by atoms with Crippen LogP contribution in [0, 0.1) is 5.82 Å². The van der Waals surface area contributed by atoms with Gasteiger partial charge in [-0.1, -0.05) is 54.6 Å². The molecule has 1 heterocycles. The van der Waals surface area contributed by atoms with Gasteiger partial charge in [-0.05, 0) is 54.5 Å². The highest BCUT2D eigenvalue weighted by atomic mass is 32.2. The summed E-state index contributed by atoms with van der Waals surface area (Å²) < 4.78 is 13.0. The molecule has 2 aromatic rings. The molecular formula is C26H32FN2O4S+. The predicted molar refractivity (Wildman–Crippen MR) is 130 cm³/mol. The van der Waals surface area contributed by atoms with Crippen LogP contribution in [-0.2, 0) is 33.0 Å². The van der Waals surface area contributed by atoms with Crippen molar-refractivity contribution in [2.75, 3.05) is 6.54 Å². The summed E-state index contributed by atoms with van der Waals surface area (Å²) in [5, 5.41) is 8.87. The maximum Gasteiger partial charge on any atom is 0.345 e. The molecule has 1 aliphatic rings. The molecule has 0 spiro atoms. The first-order chi connectivity index (χ1) is 16.3. The molecule has 0 radical (unpaired) electrons. The number of likely N-dealkylation sites (tertiary alicyclic amines) is 1. The molecule has 2 unspecified atom stereocenters. The van der Waals surface area contributed by atoms with Gasteiger partial charge in [-0.3, -0.25) is 9.59 Å². The number of hydrogen-bond acceptors (Lipinski definition) is 4. The number of halogens is 1. The SMILES string of the molecule is CC(=O)N[N+]1(CCCCCCc2ccc(F)cc2)C(=O)CC1SCc1ccc(CC(=O)O)cc1. The normalized spacial score (nSPS) is 19.5. The Labute approximate surface area is 204 Å². The number of aryl methyl sites for hydroxylation is 1. The van der Waals surface area contributed by atoms with E-state index in [1.807, 2.05) is 36.4 Å². The maximum absolute atomic E-state index is 13.0. The molecule has 182 valence electrons. The summed E-state index contributed by atoms with van der Waals surface area (Å²) in [5.41, 5.74) is 5.84. The molecule has 0 aliphatic carbocycles. The van der Waals surface area contributed by atoms with Crippen LogP contribution in [0.5, 0.6) is 0 Å². The van der Waals surface area contributed by atoms with Crippen molar-refractivity contribution in [2.45, 2.75) is 63.0 Å². The van der Waals surface area contributed by atoms with Crippen LogP contribution in [0.3, 0.4) is 0 Å². The van der Waals surface area contributed by atoms with Crippen LogP contribution in [0.4, 0.5) is 4.39 Å². The lowest BCUT2D eigenvalue weighted by molar-refractivity contribution is -0.924. The predicted octanol–water partition coefficient (Wildman–Crippen LogP) is 4.61. The number of unbranched alkanes of at least 4 members (excludes halogenated alkanes) is 3. The van der Waals surface area contributed by atoms with Crippen molar-refractivity contribution in [1.82, 2.24) is 5.43 Å². The highest BCUT2D eigenvalue weighted by Gasteiger charge is 2.57. The third-order valence-electron chi connectivity index (χ3n) is 6.10. The summed E-state index contributed by atoms with van der Waals surface area (Å²) in [6.07, 6.45) is 5.10. The molecule has 1 saturated heterocycles. The molecule has 34 heavy (non-hydrogen) atoms. The lowest BCUT2D eigenvalue weighted by Crippen LogP contribution is -2.75. The Morgan fingerprint density at radius 1 is 1.00 bits per heavy atom. The fraction of sp³-hybridized carbons (Fsp3) is 0.423. The number of nitrogens with one attached hydrogen (secondary N) is 1. The molecule has 2 atom stereocenters. The standard InChI is InChI=1S/C26H31FN2O4S/c1-19(30)28-29(15-5-3-2-4-6-20-11-13-23(27)14-12-20)24(31)17-25(29)34-18-22-9-7-21(8-10-22)16-26(32)33/h7-14,25H,2-6,15-18H2,1H3,(H-,28,30,32,33)/p+1. The highest BCUT2D eigenvalue weighted by Crippen LogP contribution is 2.38. The first-order valence-corrected chi connectivity index (χ1v) is 12.7. The lowest BCUT2D eigenvalue weighted by atomic mass is 10.0. The molecule has 0 saturated carbocycles. The zero-order chi connectivity index (χ0) is 24.6. The Morgan fingerprint density at radius 2 is 1.62 bits per heavy atom. The van der Waals surface area contributed by atoms with E-state index in [1.54, 1.807) is 11.8 Å². The van der Waals surface area contributed by atoms with Crippen LogP contribution >= 0.6 is 11.8 Å². The van der Waals surface area contributed by atoms with E-state index in [9.17, 15) is 18.8 Å². The summed E-state index contributed by atoms with van der Waals surface area (Å²) in [6.45, 7) is 2.02. The number of carbonyl (C=O) groups is 3. The second-order valence-corrected chi connectivity index (χ2v) is 9.97. The highest BCUT2D eigenvalue weighted by molar-refractivity contribution is 7.99. The zero-order valence-electron chi connectivity index (χ0n) is 19.5. The van der Waals surface area contributed by atoms with Crippen molar-refractivity contribution < 1.29 is 28.5 Å². The third-order valence-corrected chi connectivity index (χ3v) is 7.51. The number of carboxylic acid groups (broad SMARTS) is 1. The number of hydrogen-bond donors (Lipinski definition) is 2. The minimum absolute atomic E-state index is 0.00300. The van der Waals surface area contributed by atoms with Gasteiger partial charge in [0.1, 0.15) is 18.8 Å². The molecule has 1 aliphatic heterocycles. The molecule has 0 bridgehead atoms. The van der Waals surface area contributed by atoms with Gasteiger partial charge in [0.15, 0.2) is 5.37 Å². The zero-order valence-corrected chi connectivity index (χ0v) is 20.3. The Balaban J connectivity index is 1.48. The second-order valence-electron chi connectivity index (χ2n) is 8.80. The van der Waals surface area contributed by atoms with Gasteiger partial charge in [0.05, 0.1) is 6.42 Å². The number of amides is 2. The summed E-state index contributed by atoms with van der Waals surface area (Å²) in [6, 6.07) is 14.1. The van der Waals surface area contributed by atoms with Crippen LogP contribution in [0.2, 0.25) is 0 Å². The second kappa shape index (κ2) is 12.1. The monoisotopic (exact) mass is 487 g/mol. The number of carbonyl (C=O) groups excluding carboxylic acids is 2. The third kappa shape index (κ3) is 7.14. The van der Waals surface area contributed by atoms with Gasteiger partial charge in [-0.2, -0.15) is 5.43 Å². The molecule has 3 rings (SSSR count). The molecule has 6 nitrogen and oxygen atoms in total. The summed E-state index contributed by atoms with van der Waals surface area (Å²) >= 11 is 1.65. The molecule has 2 amide bonds. The fourth-order valence-corrected chi connectivity index (χ4v) is 5.63. The fourth-order valence-electron chi connectivity index (χ4n) is 4.26. The summed E-state index contributed by atoms with van der Waals surface area (Å²) in [7, 11) is 0. The lowest BCUT2D eigenvalue weighted by Gasteiger charge is -2.47. The number of benzene rings is 2. The Bertz CT molecular complexity index is 997. The number of thioether (sulfide) groups is 1. The minimum Gasteiger partial charge on any atom is -0.481 e. The average Bonchev–Trinajstić information content (AvgIpc) is 2.79. The van der Waals surface area contributed by atoms with Gasteiger partial charge in [0.2, 0.25) is 0 Å². The molecule has 1 fully saturated rings. The Kier molecular flexibility index (Phi) is 9.24. The number of β-lactam (4-membered cyclic amide) rings is 1. The van der Waals surface area contributed by atoms with Crippen molar-refractivity contribution in [2.24, 2.45) is 0 Å². The van der Waals surface area contributed by atoms with Crippen molar-refractivity contribution >= 4 is 29.5 Å². The van der Waals surface area contributed by atoms with Crippen LogP contribution < -0.4 is 5.43 Å². The summed E-state index contributed by atoms with van der Waals surface area (Å²) in [4.78, 5) is 35.4. The van der Waals surface area contributed by atoms with Crippen molar-refractivity contribution in [3.05, 3.63) is 71.0 Å². The van der Waals surface area contributed by atoms with Crippen molar-refractivity contribution in [3.8, 4) is 0 Å². The van der Waals surface area contributed by atoms with Gasteiger partial charge in [-0.25, -0.2) is 9.18 Å². The maximum atomic E-state index is 13.0. The van der Waals surface area contributed by atoms with Gasteiger partial charge in [0, 0.05) is 12.7 Å². The van der Waals surface area contributed by atoms with E-state index in [-0.39, 0.29) is 34.0 Å². The number of aliphatic carboxylic acids is 1. The van der Waals surface area contributed by atoms with E-state index < -0.39 is 5.97 Å². The van der Waals surface area contributed by atoms with Crippen LogP contribution in [0.25, 0.3) is 0 Å². The van der Waals surface area contributed by atoms with E-state index in [0.717, 1.165) is 48.8 Å². The van der Waals surface area contributed by atoms with E-state index in [0.29, 0.717) is 18.7 Å². The van der Waals surface area contributed by atoms with Gasteiger partial charge >= 0.3 is 11.9 Å². The summed E-state index contributed by atoms with van der Waals surface area (Å²) in [5.74, 6) is -0.577. The quantitative estimate of drug-likeness (QED) is 0.245. The van der Waals surface area contributed by atoms with E-state index >= 15 is 0 Å². The van der Waals surface area contributed by atoms with Gasteiger partial charge in [0.25, 0.3) is 5.91 Å². The van der Waals surface area contributed by atoms with Gasteiger partial charge < -0.3 is 5.11 Å². The molecule has 0 aromatic heterocycles. The van der Waals surface area contributed by atoms with Crippen LogP contribution in [0.1, 0.15) is 55.7 Å². The smallest absolute Gasteiger partial charge is 0.345 e. The largest absolute Gasteiger partial charge is 0.481 e. The molecular weight excluding hydrogens is 455 g/mol. The topological polar surface area (TPSA) is 83.5 Å². The van der Waals surface area contributed by atoms with E-state index in [4.69, 9.17) is 5.11 Å². The average molecular weight is 488 g/mol. The number of carboxylic acids is 1. The Hall–Kier alpha value is -2.71. The van der Waals surface area contributed by atoms with E-state index in [2.05, 4.69) is 5.43 Å². The van der Waals surface area contributed by atoms with Crippen molar-refractivity contribution in [3.63, 3.8) is 0 Å². The number of quaternary nitrogens is 1.